The summed E-state index contributed by atoms with van der Waals surface area (Å²) < 4.78 is 26.5. The van der Waals surface area contributed by atoms with Gasteiger partial charge in [-0.05, 0) is 57.4 Å². The Bertz CT molecular complexity index is 963. The van der Waals surface area contributed by atoms with Crippen molar-refractivity contribution in [3.8, 4) is 0 Å². The van der Waals surface area contributed by atoms with Crippen molar-refractivity contribution in [3.63, 3.8) is 0 Å². The highest BCUT2D eigenvalue weighted by molar-refractivity contribution is 7.46. The molecule has 0 rings (SSSR count). The minimum atomic E-state index is -4.69. The van der Waals surface area contributed by atoms with Crippen LogP contribution in [-0.2, 0) is 23.4 Å². The lowest BCUT2D eigenvalue weighted by Gasteiger charge is -2.17. The average molecular weight is 695 g/mol. The Hall–Kier alpha value is -2.22. The molecule has 0 amide bonds. The smallest absolute Gasteiger partial charge is 0.469 e. The van der Waals surface area contributed by atoms with E-state index in [1.165, 1.54) is 70.5 Å². The molecule has 48 heavy (non-hydrogen) atoms. The van der Waals surface area contributed by atoms with E-state index < -0.39 is 32.6 Å². The maximum atomic E-state index is 12.2. The lowest BCUT2D eigenvalue weighted by molar-refractivity contribution is -0.147. The summed E-state index contributed by atoms with van der Waals surface area (Å²) in [7, 11) is -4.69. The Morgan fingerprint density at radius 2 is 1.25 bits per heavy atom. The fourth-order valence-electron chi connectivity index (χ4n) is 4.69. The number of phosphoric ester groups is 1. The molecular weight excluding hydrogens is 627 g/mol. The number of hydrogen-bond donors (Lipinski definition) is 3. The topological polar surface area (TPSA) is 123 Å². The van der Waals surface area contributed by atoms with Crippen LogP contribution in [0.3, 0.4) is 0 Å². The standard InChI is InChI=1S/C39H67O8P/c1-3-5-7-9-11-13-15-17-19-21-23-25-27-29-34-45-38(36-47-48(42,43)44)35-46-39(41)33-30-32-37(40)31-28-26-24-22-20-18-16-14-12-10-8-6-4-2/h6,8,12,14,18,20,24,26,28-29,31,34,37-38,40H,3-5,7,9-11,13,15-17,19,21-23,25,27,30,32-33,35-36H2,1-2H3,(H2,42,43,44)/b8-6-,14-12-,20-18-,26-24-,31-28+,34-29+/t37?,38-/m1/s1. The molecule has 0 saturated carbocycles. The van der Waals surface area contributed by atoms with Crippen molar-refractivity contribution in [2.45, 2.75) is 154 Å². The molecule has 0 aliphatic rings. The van der Waals surface area contributed by atoms with Gasteiger partial charge in [-0.3, -0.25) is 9.32 Å². The monoisotopic (exact) mass is 694 g/mol. The first-order valence-corrected chi connectivity index (χ1v) is 19.9. The van der Waals surface area contributed by atoms with Crippen molar-refractivity contribution in [3.05, 3.63) is 73.1 Å². The van der Waals surface area contributed by atoms with E-state index in [0.717, 1.165) is 44.9 Å². The van der Waals surface area contributed by atoms with E-state index in [-0.39, 0.29) is 13.0 Å². The predicted molar refractivity (Wildman–Crippen MR) is 198 cm³/mol. The second-order valence-electron chi connectivity index (χ2n) is 12.1. The Labute approximate surface area is 292 Å². The van der Waals surface area contributed by atoms with E-state index in [9.17, 15) is 14.5 Å². The van der Waals surface area contributed by atoms with Crippen LogP contribution >= 0.6 is 7.82 Å². The molecule has 0 aromatic carbocycles. The summed E-state index contributed by atoms with van der Waals surface area (Å²) in [6.45, 7) is 3.76. The molecule has 0 saturated heterocycles. The number of ether oxygens (including phenoxy) is 2. The van der Waals surface area contributed by atoms with Crippen LogP contribution in [0.2, 0.25) is 0 Å². The molecular formula is C39H67O8P. The van der Waals surface area contributed by atoms with Crippen molar-refractivity contribution in [1.82, 2.24) is 0 Å². The number of carbonyl (C=O) groups excluding carboxylic acids is 1. The number of phosphoric acid groups is 1. The molecule has 0 aromatic heterocycles. The highest BCUT2D eigenvalue weighted by atomic mass is 31.2. The summed E-state index contributed by atoms with van der Waals surface area (Å²) in [6, 6.07) is 0. The van der Waals surface area contributed by atoms with Crippen LogP contribution in [0.4, 0.5) is 0 Å². The first-order chi connectivity index (χ1) is 23.3. The molecule has 0 aliphatic heterocycles. The number of aliphatic hydroxyl groups is 1. The van der Waals surface area contributed by atoms with E-state index >= 15 is 0 Å². The predicted octanol–water partition coefficient (Wildman–Crippen LogP) is 10.5. The van der Waals surface area contributed by atoms with Crippen molar-refractivity contribution >= 4 is 13.8 Å². The second-order valence-corrected chi connectivity index (χ2v) is 13.3. The SMILES string of the molecule is CC/C=C\C/C=C\C/C=C\C/C=C\C=C\C(O)CCCC(=O)OC[C@H](COP(=O)(O)O)O/C=C/CCCCCCCCCCCCCC. The molecule has 0 heterocycles. The van der Waals surface area contributed by atoms with Gasteiger partial charge in [-0.25, -0.2) is 4.57 Å². The van der Waals surface area contributed by atoms with Gasteiger partial charge in [-0.15, -0.1) is 0 Å². The molecule has 1 unspecified atom stereocenters. The molecule has 9 heteroatoms. The van der Waals surface area contributed by atoms with Gasteiger partial charge in [0.15, 0.2) is 6.10 Å². The molecule has 0 spiro atoms. The number of rotatable bonds is 33. The third-order valence-corrected chi connectivity index (χ3v) is 7.95. The van der Waals surface area contributed by atoms with E-state index in [2.05, 4.69) is 54.8 Å². The number of aliphatic hydroxyl groups excluding tert-OH is 1. The number of allylic oxidation sites excluding steroid dienone is 10. The molecule has 0 aliphatic carbocycles. The fourth-order valence-corrected chi connectivity index (χ4v) is 5.05. The van der Waals surface area contributed by atoms with Crippen LogP contribution in [0.25, 0.3) is 0 Å². The molecule has 2 atom stereocenters. The van der Waals surface area contributed by atoms with Crippen molar-refractivity contribution in [1.29, 1.82) is 0 Å². The third kappa shape index (κ3) is 36.6. The number of hydrogen-bond acceptors (Lipinski definition) is 6. The first-order valence-electron chi connectivity index (χ1n) is 18.4. The minimum absolute atomic E-state index is 0.107. The summed E-state index contributed by atoms with van der Waals surface area (Å²) in [5.41, 5.74) is 0. The summed E-state index contributed by atoms with van der Waals surface area (Å²) in [5.74, 6) is -0.476. The van der Waals surface area contributed by atoms with Gasteiger partial charge in [0.25, 0.3) is 0 Å². The van der Waals surface area contributed by atoms with E-state index in [1.54, 1.807) is 12.2 Å². The molecule has 0 aromatic rings. The molecule has 0 bridgehead atoms. The summed E-state index contributed by atoms with van der Waals surface area (Å²) >= 11 is 0. The van der Waals surface area contributed by atoms with Gasteiger partial charge in [0, 0.05) is 6.42 Å². The first kappa shape index (κ1) is 45.8. The largest absolute Gasteiger partial charge is 0.492 e. The summed E-state index contributed by atoms with van der Waals surface area (Å²) in [5, 5.41) is 10.1. The van der Waals surface area contributed by atoms with Gasteiger partial charge < -0.3 is 24.4 Å². The maximum absolute atomic E-state index is 12.2. The second kappa shape index (κ2) is 34.6. The normalized spacial score (nSPS) is 14.1. The number of esters is 1. The van der Waals surface area contributed by atoms with Crippen LogP contribution in [0.5, 0.6) is 0 Å². The quantitative estimate of drug-likeness (QED) is 0.0155. The fraction of sp³-hybridized carbons (Fsp3) is 0.667. The molecule has 0 radical (unpaired) electrons. The highest BCUT2D eigenvalue weighted by Gasteiger charge is 2.20. The lowest BCUT2D eigenvalue weighted by atomic mass is 10.0. The Morgan fingerprint density at radius 1 is 0.688 bits per heavy atom. The lowest BCUT2D eigenvalue weighted by Crippen LogP contribution is -2.25. The van der Waals surface area contributed by atoms with Crippen molar-refractivity contribution in [2.75, 3.05) is 13.2 Å². The van der Waals surface area contributed by atoms with Crippen LogP contribution in [0, 0.1) is 0 Å². The zero-order chi connectivity index (χ0) is 35.4. The van der Waals surface area contributed by atoms with Gasteiger partial charge in [0.1, 0.15) is 6.61 Å². The van der Waals surface area contributed by atoms with E-state index in [0.29, 0.717) is 12.8 Å². The van der Waals surface area contributed by atoms with Crippen molar-refractivity contribution < 1.29 is 38.3 Å². The number of carbonyl (C=O) groups is 1. The van der Waals surface area contributed by atoms with Crippen LogP contribution in [0.1, 0.15) is 142 Å². The zero-order valence-corrected chi connectivity index (χ0v) is 30.9. The Kier molecular flexibility index (Phi) is 33.0. The Balaban J connectivity index is 4.14. The summed E-state index contributed by atoms with van der Waals surface area (Å²) in [4.78, 5) is 30.3. The minimum Gasteiger partial charge on any atom is -0.492 e. The van der Waals surface area contributed by atoms with E-state index in [4.69, 9.17) is 19.3 Å². The van der Waals surface area contributed by atoms with Gasteiger partial charge in [0.2, 0.25) is 0 Å². The molecule has 3 N–H and O–H groups in total. The van der Waals surface area contributed by atoms with Crippen LogP contribution in [0.15, 0.2) is 73.1 Å². The van der Waals surface area contributed by atoms with Crippen molar-refractivity contribution in [2.24, 2.45) is 0 Å². The van der Waals surface area contributed by atoms with Crippen LogP contribution < -0.4 is 0 Å². The third-order valence-electron chi connectivity index (χ3n) is 7.46. The van der Waals surface area contributed by atoms with Crippen LogP contribution in [-0.4, -0.2) is 46.3 Å². The molecule has 276 valence electrons. The highest BCUT2D eigenvalue weighted by Crippen LogP contribution is 2.35. The van der Waals surface area contributed by atoms with Gasteiger partial charge >= 0.3 is 13.8 Å². The maximum Gasteiger partial charge on any atom is 0.469 e. The van der Waals surface area contributed by atoms with E-state index in [1.807, 2.05) is 18.2 Å². The Morgan fingerprint density at radius 3 is 1.83 bits per heavy atom. The van der Waals surface area contributed by atoms with Gasteiger partial charge in [-0.2, -0.15) is 0 Å². The average Bonchev–Trinajstić information content (AvgIpc) is 3.05. The molecule has 8 nitrogen and oxygen atoms in total. The molecule has 0 fully saturated rings. The summed E-state index contributed by atoms with van der Waals surface area (Å²) in [6.07, 6.45) is 43.0. The number of unbranched alkanes of at least 4 members (excludes halogenated alkanes) is 12. The zero-order valence-electron chi connectivity index (χ0n) is 30.0. The van der Waals surface area contributed by atoms with Gasteiger partial charge in [0.05, 0.1) is 19.0 Å². The van der Waals surface area contributed by atoms with Gasteiger partial charge in [-0.1, -0.05) is 145 Å².